The molecule has 13 rings (SSSR count). The van der Waals surface area contributed by atoms with Crippen molar-refractivity contribution in [3.8, 4) is 61.8 Å². The number of rotatable bonds is 7. The van der Waals surface area contributed by atoms with Crippen LogP contribution in [0.15, 0.2) is 231 Å². The number of aryl methyl sites for hydroxylation is 2. The minimum absolute atomic E-state index is 0.950. The molecule has 4 heteroatoms. The maximum Gasteiger partial charge on any atom is 0.146 e. The van der Waals surface area contributed by atoms with E-state index >= 15 is 0 Å². The molecule has 3 heterocycles. The van der Waals surface area contributed by atoms with E-state index in [1.165, 1.54) is 88.1 Å². The molecule has 0 amide bonds. The van der Waals surface area contributed by atoms with Gasteiger partial charge in [0.1, 0.15) is 5.82 Å². The monoisotopic (exact) mass is 856 g/mol. The van der Waals surface area contributed by atoms with Crippen LogP contribution in [0.1, 0.15) is 11.1 Å². The second kappa shape index (κ2) is 15.5. The summed E-state index contributed by atoms with van der Waals surface area (Å²) in [5, 5.41) is 4.88. The van der Waals surface area contributed by atoms with Gasteiger partial charge in [0.05, 0.1) is 33.1 Å². The molecule has 0 radical (unpaired) electrons. The van der Waals surface area contributed by atoms with Crippen molar-refractivity contribution >= 4 is 54.6 Å². The fourth-order valence-corrected chi connectivity index (χ4v) is 10.5. The van der Waals surface area contributed by atoms with Crippen molar-refractivity contribution in [2.75, 3.05) is 0 Å². The van der Waals surface area contributed by atoms with Crippen molar-refractivity contribution in [3.63, 3.8) is 0 Å². The van der Waals surface area contributed by atoms with Crippen LogP contribution in [0.4, 0.5) is 0 Å². The molecule has 0 bridgehead atoms. The molecule has 10 aromatic carbocycles. The third-order valence-electron chi connectivity index (χ3n) is 13.7. The van der Waals surface area contributed by atoms with E-state index < -0.39 is 0 Å². The average molecular weight is 857 g/mol. The number of fused-ring (bicyclic) bond motifs is 7. The molecule has 0 N–H and O–H groups in total. The molecule has 0 aliphatic carbocycles. The minimum Gasteiger partial charge on any atom is -0.309 e. The highest BCUT2D eigenvalue weighted by Gasteiger charge is 2.21. The van der Waals surface area contributed by atoms with Crippen molar-refractivity contribution in [1.82, 2.24) is 18.7 Å². The second-order valence-corrected chi connectivity index (χ2v) is 17.7. The standard InChI is InChI=1S/C63H44N4/c1-41-36-52(63-64-57-25-15-16-26-62(57)67(63)49-23-13-6-14-24-49)42(2)35-51(41)47-29-33-58-55(39-47)56-40-50(30-34-61(56)65(58)48-21-11-5-12-22-48)66-59-31-27-45(43-17-7-3-8-18-43)37-53(59)54-38-46(28-32-60(54)66)44-19-9-4-10-20-44/h3-40H,1-2H3. The van der Waals surface area contributed by atoms with E-state index in [1.807, 2.05) is 0 Å². The van der Waals surface area contributed by atoms with E-state index in [1.54, 1.807) is 0 Å². The van der Waals surface area contributed by atoms with E-state index in [0.29, 0.717) is 0 Å². The first-order chi connectivity index (χ1) is 33.1. The molecule has 316 valence electrons. The molecule has 0 fully saturated rings. The molecule has 0 atom stereocenters. The van der Waals surface area contributed by atoms with Gasteiger partial charge < -0.3 is 9.13 Å². The van der Waals surface area contributed by atoms with Crippen LogP contribution in [-0.4, -0.2) is 18.7 Å². The van der Waals surface area contributed by atoms with Crippen LogP contribution in [0.25, 0.3) is 116 Å². The van der Waals surface area contributed by atoms with Crippen molar-refractivity contribution in [1.29, 1.82) is 0 Å². The zero-order valence-electron chi connectivity index (χ0n) is 37.2. The summed E-state index contributed by atoms with van der Waals surface area (Å²) in [7, 11) is 0. The van der Waals surface area contributed by atoms with E-state index in [4.69, 9.17) is 4.98 Å². The summed E-state index contributed by atoms with van der Waals surface area (Å²) in [5.74, 6) is 0.950. The Morgan fingerprint density at radius 1 is 0.284 bits per heavy atom. The quantitative estimate of drug-likeness (QED) is 0.157. The maximum absolute atomic E-state index is 5.23. The number of benzene rings is 10. The van der Waals surface area contributed by atoms with Gasteiger partial charge in [-0.3, -0.25) is 4.57 Å². The highest BCUT2D eigenvalue weighted by atomic mass is 15.1. The second-order valence-electron chi connectivity index (χ2n) is 17.7. The van der Waals surface area contributed by atoms with E-state index in [9.17, 15) is 0 Å². The first-order valence-electron chi connectivity index (χ1n) is 23.0. The first-order valence-corrected chi connectivity index (χ1v) is 23.0. The summed E-state index contributed by atoms with van der Waals surface area (Å²) in [6.45, 7) is 4.45. The van der Waals surface area contributed by atoms with Gasteiger partial charge in [0.2, 0.25) is 0 Å². The van der Waals surface area contributed by atoms with Gasteiger partial charge in [-0.05, 0) is 155 Å². The van der Waals surface area contributed by atoms with Crippen molar-refractivity contribution in [2.24, 2.45) is 0 Å². The van der Waals surface area contributed by atoms with Crippen LogP contribution in [0.2, 0.25) is 0 Å². The number of aromatic nitrogens is 4. The van der Waals surface area contributed by atoms with Crippen LogP contribution in [0, 0.1) is 13.8 Å². The van der Waals surface area contributed by atoms with Crippen LogP contribution in [0.5, 0.6) is 0 Å². The predicted octanol–water partition coefficient (Wildman–Crippen LogP) is 16.5. The topological polar surface area (TPSA) is 27.7 Å². The summed E-state index contributed by atoms with van der Waals surface area (Å²) < 4.78 is 7.16. The minimum atomic E-state index is 0.950. The van der Waals surface area contributed by atoms with Gasteiger partial charge in [0.25, 0.3) is 0 Å². The lowest BCUT2D eigenvalue weighted by molar-refractivity contribution is 1.10. The maximum atomic E-state index is 5.23. The number of hydrogen-bond acceptors (Lipinski definition) is 1. The number of hydrogen-bond donors (Lipinski definition) is 0. The Hall–Kier alpha value is -8.73. The summed E-state index contributed by atoms with van der Waals surface area (Å²) in [6.07, 6.45) is 0. The first kappa shape index (κ1) is 38.7. The predicted molar refractivity (Wildman–Crippen MR) is 281 cm³/mol. The van der Waals surface area contributed by atoms with Gasteiger partial charge in [-0.2, -0.15) is 0 Å². The lowest BCUT2D eigenvalue weighted by atomic mass is 9.93. The largest absolute Gasteiger partial charge is 0.309 e. The van der Waals surface area contributed by atoms with Gasteiger partial charge in [-0.25, -0.2) is 4.98 Å². The number of para-hydroxylation sites is 4. The highest BCUT2D eigenvalue weighted by Crippen LogP contribution is 2.42. The zero-order valence-corrected chi connectivity index (χ0v) is 37.2. The zero-order chi connectivity index (χ0) is 44.6. The molecular formula is C63H44N4. The summed E-state index contributed by atoms with van der Waals surface area (Å²) >= 11 is 0. The SMILES string of the molecule is Cc1cc(-c2nc3ccccc3n2-c2ccccc2)c(C)cc1-c1ccc2c(c1)c1cc(-n3c4ccc(-c5ccccc5)cc4c4cc(-c5ccccc5)ccc43)ccc1n2-c1ccccc1. The van der Waals surface area contributed by atoms with Crippen LogP contribution in [-0.2, 0) is 0 Å². The summed E-state index contributed by atoms with van der Waals surface area (Å²) in [5.41, 5.74) is 20.9. The van der Waals surface area contributed by atoms with E-state index in [2.05, 4.69) is 258 Å². The Morgan fingerprint density at radius 2 is 0.701 bits per heavy atom. The number of nitrogens with zero attached hydrogens (tertiary/aromatic N) is 4. The third kappa shape index (κ3) is 6.33. The summed E-state index contributed by atoms with van der Waals surface area (Å²) in [6, 6.07) is 83.8. The van der Waals surface area contributed by atoms with Crippen LogP contribution in [0.3, 0.4) is 0 Å². The molecule has 3 aromatic heterocycles. The van der Waals surface area contributed by atoms with Crippen LogP contribution >= 0.6 is 0 Å². The van der Waals surface area contributed by atoms with Gasteiger partial charge in [0, 0.05) is 44.2 Å². The van der Waals surface area contributed by atoms with Crippen LogP contribution < -0.4 is 0 Å². The van der Waals surface area contributed by atoms with Crippen molar-refractivity contribution < 1.29 is 0 Å². The van der Waals surface area contributed by atoms with Gasteiger partial charge in [0.15, 0.2) is 0 Å². The fourth-order valence-electron chi connectivity index (χ4n) is 10.5. The molecule has 0 saturated heterocycles. The van der Waals surface area contributed by atoms with Crippen molar-refractivity contribution in [2.45, 2.75) is 13.8 Å². The summed E-state index contributed by atoms with van der Waals surface area (Å²) in [4.78, 5) is 5.23. The Balaban J connectivity index is 1.00. The molecule has 0 aliphatic rings. The normalized spacial score (nSPS) is 11.7. The molecule has 4 nitrogen and oxygen atoms in total. The molecule has 0 saturated carbocycles. The Kier molecular flexibility index (Phi) is 8.94. The Labute approximate surface area is 388 Å². The average Bonchev–Trinajstić information content (AvgIpc) is 4.05. The molecule has 0 unspecified atom stereocenters. The van der Waals surface area contributed by atoms with Gasteiger partial charge in [-0.15, -0.1) is 0 Å². The van der Waals surface area contributed by atoms with Crippen molar-refractivity contribution in [3.05, 3.63) is 242 Å². The van der Waals surface area contributed by atoms with Gasteiger partial charge >= 0.3 is 0 Å². The van der Waals surface area contributed by atoms with Gasteiger partial charge in [-0.1, -0.05) is 133 Å². The highest BCUT2D eigenvalue weighted by molar-refractivity contribution is 6.14. The molecule has 0 aliphatic heterocycles. The lowest BCUT2D eigenvalue weighted by Gasteiger charge is -2.15. The Morgan fingerprint density at radius 3 is 1.28 bits per heavy atom. The van der Waals surface area contributed by atoms with E-state index in [-0.39, 0.29) is 0 Å². The molecule has 0 spiro atoms. The van der Waals surface area contributed by atoms with E-state index in [0.717, 1.165) is 39.5 Å². The molecular weight excluding hydrogens is 813 g/mol. The Bertz CT molecular complexity index is 3930. The number of imidazole rings is 1. The third-order valence-corrected chi connectivity index (χ3v) is 13.7. The molecule has 13 aromatic rings. The molecule has 67 heavy (non-hydrogen) atoms. The fraction of sp³-hybridized carbons (Fsp3) is 0.0317. The smallest absolute Gasteiger partial charge is 0.146 e. The lowest BCUT2D eigenvalue weighted by Crippen LogP contribution is -1.99.